The minimum atomic E-state index is -0.731. The summed E-state index contributed by atoms with van der Waals surface area (Å²) in [6.45, 7) is 2.51. The fraction of sp³-hybridized carbons (Fsp3) is 0.714. The summed E-state index contributed by atoms with van der Waals surface area (Å²) in [4.78, 5) is 22.7. The summed E-state index contributed by atoms with van der Waals surface area (Å²) in [5.41, 5.74) is -0.731. The van der Waals surface area contributed by atoms with Crippen molar-refractivity contribution in [3.8, 4) is 12.3 Å². The van der Waals surface area contributed by atoms with Crippen molar-refractivity contribution in [1.82, 2.24) is 5.32 Å². The number of hydrogen-bond acceptors (Lipinski definition) is 4. The number of alkyl carbamates (subject to hydrolysis) is 1. The molecule has 1 N–H and O–H groups in total. The smallest absolute Gasteiger partial charge is 0.408 e. The minimum absolute atomic E-state index is 0.256. The van der Waals surface area contributed by atoms with Crippen LogP contribution in [0.15, 0.2) is 0 Å². The molecule has 0 aromatic heterocycles. The van der Waals surface area contributed by atoms with Gasteiger partial charge in [0.1, 0.15) is 0 Å². The molecule has 0 bridgehead atoms. The first-order chi connectivity index (χ1) is 9.12. The van der Waals surface area contributed by atoms with E-state index in [1.165, 1.54) is 0 Å². The maximum absolute atomic E-state index is 11.6. The van der Waals surface area contributed by atoms with Gasteiger partial charge >= 0.3 is 12.1 Å². The van der Waals surface area contributed by atoms with Crippen molar-refractivity contribution < 1.29 is 19.1 Å². The van der Waals surface area contributed by atoms with Gasteiger partial charge in [-0.2, -0.15) is 0 Å². The molecule has 0 saturated heterocycles. The average Bonchev–Trinajstić information content (AvgIpc) is 2.84. The number of esters is 1. The summed E-state index contributed by atoms with van der Waals surface area (Å²) in [6, 6.07) is 0. The molecule has 1 aliphatic rings. The van der Waals surface area contributed by atoms with Crippen molar-refractivity contribution in [1.29, 1.82) is 0 Å². The van der Waals surface area contributed by atoms with Crippen LogP contribution in [0.5, 0.6) is 0 Å². The quantitative estimate of drug-likeness (QED) is 0.454. The highest BCUT2D eigenvalue weighted by molar-refractivity contribution is 5.70. The molecule has 0 unspecified atom stereocenters. The van der Waals surface area contributed by atoms with E-state index in [0.717, 1.165) is 25.7 Å². The van der Waals surface area contributed by atoms with Gasteiger partial charge in [0, 0.05) is 13.0 Å². The predicted molar refractivity (Wildman–Crippen MR) is 70.4 cm³/mol. The molecule has 0 aromatic rings. The van der Waals surface area contributed by atoms with Crippen LogP contribution in [-0.2, 0) is 14.3 Å². The van der Waals surface area contributed by atoms with Crippen LogP contribution in [0.25, 0.3) is 0 Å². The molecule has 0 spiro atoms. The van der Waals surface area contributed by atoms with E-state index in [2.05, 4.69) is 11.2 Å². The Labute approximate surface area is 114 Å². The van der Waals surface area contributed by atoms with Crippen LogP contribution in [0.2, 0.25) is 0 Å². The normalized spacial score (nSPS) is 16.4. The summed E-state index contributed by atoms with van der Waals surface area (Å²) < 4.78 is 10.1. The lowest BCUT2D eigenvalue weighted by atomic mass is 10.0. The summed E-state index contributed by atoms with van der Waals surface area (Å²) in [6.07, 6.45) is 9.15. The SMILES string of the molecule is C#CC1(OC(=O)NCCCC(=O)OCC)CCCC1. The van der Waals surface area contributed by atoms with E-state index in [1.807, 2.05) is 0 Å². The summed E-state index contributed by atoms with van der Waals surface area (Å²) in [7, 11) is 0. The minimum Gasteiger partial charge on any atom is -0.466 e. The lowest BCUT2D eigenvalue weighted by Gasteiger charge is -2.22. The molecule has 0 heterocycles. The Morgan fingerprint density at radius 3 is 2.63 bits per heavy atom. The number of nitrogens with one attached hydrogen (secondary N) is 1. The molecule has 19 heavy (non-hydrogen) atoms. The zero-order valence-electron chi connectivity index (χ0n) is 11.4. The molecule has 1 rings (SSSR count). The number of hydrogen-bond donors (Lipinski definition) is 1. The van der Waals surface area contributed by atoms with Crippen molar-refractivity contribution in [2.75, 3.05) is 13.2 Å². The number of rotatable bonds is 6. The monoisotopic (exact) mass is 267 g/mol. The zero-order chi connectivity index (χ0) is 14.1. The summed E-state index contributed by atoms with van der Waals surface area (Å²) in [5, 5.41) is 2.60. The first kappa shape index (κ1) is 15.4. The van der Waals surface area contributed by atoms with Gasteiger partial charge in [-0.1, -0.05) is 5.92 Å². The highest BCUT2D eigenvalue weighted by Crippen LogP contribution is 2.32. The summed E-state index contributed by atoms with van der Waals surface area (Å²) >= 11 is 0. The third-order valence-electron chi connectivity index (χ3n) is 3.09. The second-order valence-electron chi connectivity index (χ2n) is 4.57. The van der Waals surface area contributed by atoms with Crippen LogP contribution in [-0.4, -0.2) is 30.8 Å². The van der Waals surface area contributed by atoms with Gasteiger partial charge in [0.25, 0.3) is 0 Å². The first-order valence-corrected chi connectivity index (χ1v) is 6.72. The van der Waals surface area contributed by atoms with Gasteiger partial charge in [-0.3, -0.25) is 4.79 Å². The zero-order valence-corrected chi connectivity index (χ0v) is 11.4. The number of carbonyl (C=O) groups excluding carboxylic acids is 2. The fourth-order valence-corrected chi connectivity index (χ4v) is 2.09. The molecule has 5 heteroatoms. The number of terminal acetylenes is 1. The molecule has 1 fully saturated rings. The van der Waals surface area contributed by atoms with Crippen LogP contribution < -0.4 is 5.32 Å². The fourth-order valence-electron chi connectivity index (χ4n) is 2.09. The molecule has 0 radical (unpaired) electrons. The average molecular weight is 267 g/mol. The van der Waals surface area contributed by atoms with Gasteiger partial charge in [-0.15, -0.1) is 6.42 Å². The van der Waals surface area contributed by atoms with Crippen molar-refractivity contribution in [3.05, 3.63) is 0 Å². The van der Waals surface area contributed by atoms with Gasteiger partial charge in [0.05, 0.1) is 6.61 Å². The maximum atomic E-state index is 11.6. The van der Waals surface area contributed by atoms with Crippen molar-refractivity contribution >= 4 is 12.1 Å². The third kappa shape index (κ3) is 5.21. The molecular formula is C14H21NO4. The largest absolute Gasteiger partial charge is 0.466 e. The Hall–Kier alpha value is -1.70. The second-order valence-corrected chi connectivity index (χ2v) is 4.57. The van der Waals surface area contributed by atoms with Crippen LogP contribution in [0.4, 0.5) is 4.79 Å². The van der Waals surface area contributed by atoms with Gasteiger partial charge < -0.3 is 14.8 Å². The Morgan fingerprint density at radius 2 is 2.05 bits per heavy atom. The van der Waals surface area contributed by atoms with E-state index in [0.29, 0.717) is 19.6 Å². The first-order valence-electron chi connectivity index (χ1n) is 6.72. The number of amides is 1. The van der Waals surface area contributed by atoms with Crippen LogP contribution in [0.1, 0.15) is 45.4 Å². The van der Waals surface area contributed by atoms with E-state index >= 15 is 0 Å². The molecule has 1 amide bonds. The third-order valence-corrected chi connectivity index (χ3v) is 3.09. The topological polar surface area (TPSA) is 64.6 Å². The molecule has 106 valence electrons. The van der Waals surface area contributed by atoms with E-state index in [9.17, 15) is 9.59 Å². The van der Waals surface area contributed by atoms with E-state index in [1.54, 1.807) is 6.92 Å². The van der Waals surface area contributed by atoms with Gasteiger partial charge in [-0.05, 0) is 39.0 Å². The Kier molecular flexibility index (Phi) is 6.20. The van der Waals surface area contributed by atoms with Gasteiger partial charge in [0.2, 0.25) is 0 Å². The molecule has 5 nitrogen and oxygen atoms in total. The van der Waals surface area contributed by atoms with Crippen molar-refractivity contribution in [2.24, 2.45) is 0 Å². The Bertz CT molecular complexity index is 353. The van der Waals surface area contributed by atoms with Crippen molar-refractivity contribution in [3.63, 3.8) is 0 Å². The molecule has 0 aliphatic heterocycles. The Morgan fingerprint density at radius 1 is 1.37 bits per heavy atom. The van der Waals surface area contributed by atoms with E-state index < -0.39 is 11.7 Å². The Balaban J connectivity index is 2.18. The van der Waals surface area contributed by atoms with Gasteiger partial charge in [-0.25, -0.2) is 4.79 Å². The van der Waals surface area contributed by atoms with Crippen LogP contribution in [0.3, 0.4) is 0 Å². The standard InChI is InChI=1S/C14H21NO4/c1-3-14(9-5-6-10-14)19-13(17)15-11-7-8-12(16)18-4-2/h1H,4-11H2,2H3,(H,15,17). The lowest BCUT2D eigenvalue weighted by Crippen LogP contribution is -2.36. The highest BCUT2D eigenvalue weighted by atomic mass is 16.6. The van der Waals surface area contributed by atoms with E-state index in [-0.39, 0.29) is 12.4 Å². The molecule has 0 aromatic carbocycles. The summed E-state index contributed by atoms with van der Waals surface area (Å²) in [5.74, 6) is 2.32. The maximum Gasteiger partial charge on any atom is 0.408 e. The van der Waals surface area contributed by atoms with E-state index in [4.69, 9.17) is 15.9 Å². The highest BCUT2D eigenvalue weighted by Gasteiger charge is 2.35. The number of ether oxygens (including phenoxy) is 2. The predicted octanol–water partition coefficient (Wildman–Crippen LogP) is 2.00. The van der Waals surface area contributed by atoms with Crippen LogP contribution >= 0.6 is 0 Å². The molecule has 1 saturated carbocycles. The lowest BCUT2D eigenvalue weighted by molar-refractivity contribution is -0.143. The van der Waals surface area contributed by atoms with Crippen molar-refractivity contribution in [2.45, 2.75) is 51.0 Å². The second kappa shape index (κ2) is 7.67. The molecule has 1 aliphatic carbocycles. The molecule has 0 atom stereocenters. The number of carbonyl (C=O) groups is 2. The van der Waals surface area contributed by atoms with Gasteiger partial charge in [0.15, 0.2) is 5.60 Å². The van der Waals surface area contributed by atoms with Crippen LogP contribution in [0, 0.1) is 12.3 Å². The molecular weight excluding hydrogens is 246 g/mol.